The fourth-order valence-corrected chi connectivity index (χ4v) is 5.32. The fraction of sp³-hybridized carbons (Fsp3) is 0.273. The Morgan fingerprint density at radius 1 is 0.455 bits per heavy atom. The van der Waals surface area contributed by atoms with E-state index in [4.69, 9.17) is 0 Å². The zero-order chi connectivity index (χ0) is 23.4. The van der Waals surface area contributed by atoms with Crippen molar-refractivity contribution in [3.8, 4) is 33.4 Å². The molecule has 0 bridgehead atoms. The summed E-state index contributed by atoms with van der Waals surface area (Å²) in [5, 5.41) is 0. The zero-order valence-electron chi connectivity index (χ0n) is 20.8. The molecule has 33 heavy (non-hydrogen) atoms. The molecule has 0 N–H and O–H groups in total. The normalized spacial score (nSPS) is 13.0. The first-order chi connectivity index (χ1) is 15.6. The van der Waals surface area contributed by atoms with Gasteiger partial charge in [-0.3, -0.25) is 0 Å². The molecule has 0 atom stereocenters. The van der Waals surface area contributed by atoms with Crippen LogP contribution in [0.3, 0.4) is 0 Å². The minimum atomic E-state index is 0.119. The molecule has 1 aliphatic carbocycles. The van der Waals surface area contributed by atoms with Gasteiger partial charge in [0.1, 0.15) is 0 Å². The molecular weight excluding hydrogens is 396 g/mol. The Labute approximate surface area is 199 Å². The van der Waals surface area contributed by atoms with Gasteiger partial charge in [0.15, 0.2) is 0 Å². The van der Waals surface area contributed by atoms with E-state index in [1.54, 1.807) is 0 Å². The lowest BCUT2D eigenvalue weighted by Gasteiger charge is -2.23. The Bertz CT molecular complexity index is 1230. The van der Waals surface area contributed by atoms with E-state index in [1.807, 2.05) is 0 Å². The summed E-state index contributed by atoms with van der Waals surface area (Å²) in [7, 11) is 0. The fourth-order valence-electron chi connectivity index (χ4n) is 5.32. The van der Waals surface area contributed by atoms with Crippen LogP contribution in [0.25, 0.3) is 33.4 Å². The van der Waals surface area contributed by atoms with E-state index in [9.17, 15) is 0 Å². The van der Waals surface area contributed by atoms with Gasteiger partial charge >= 0.3 is 0 Å². The molecular formula is C33H34. The minimum absolute atomic E-state index is 0.119. The van der Waals surface area contributed by atoms with Crippen molar-refractivity contribution < 1.29 is 0 Å². The summed E-state index contributed by atoms with van der Waals surface area (Å²) in [6.45, 7) is 13.8. The van der Waals surface area contributed by atoms with Crippen molar-refractivity contribution in [3.05, 3.63) is 107 Å². The van der Waals surface area contributed by atoms with Crippen LogP contribution in [0.4, 0.5) is 0 Å². The highest BCUT2D eigenvalue weighted by molar-refractivity contribution is 5.83. The van der Waals surface area contributed by atoms with Gasteiger partial charge in [0.2, 0.25) is 0 Å². The Hall–Kier alpha value is -3.12. The van der Waals surface area contributed by atoms with Gasteiger partial charge in [0, 0.05) is 0 Å². The van der Waals surface area contributed by atoms with Gasteiger partial charge in [-0.2, -0.15) is 0 Å². The van der Waals surface area contributed by atoms with Gasteiger partial charge in [0.05, 0.1) is 0 Å². The quantitative estimate of drug-likeness (QED) is 0.262. The summed E-state index contributed by atoms with van der Waals surface area (Å²) < 4.78 is 0. The molecule has 0 saturated heterocycles. The van der Waals surface area contributed by atoms with Crippen molar-refractivity contribution in [3.63, 3.8) is 0 Å². The van der Waals surface area contributed by atoms with Gasteiger partial charge in [-0.05, 0) is 72.9 Å². The number of fused-ring (bicyclic) bond motifs is 3. The van der Waals surface area contributed by atoms with Gasteiger partial charge in [-0.25, -0.2) is 0 Å². The minimum Gasteiger partial charge on any atom is -0.0619 e. The summed E-state index contributed by atoms with van der Waals surface area (Å²) in [5.74, 6) is 0. The van der Waals surface area contributed by atoms with E-state index in [1.165, 1.54) is 55.6 Å². The van der Waals surface area contributed by atoms with Gasteiger partial charge in [-0.15, -0.1) is 0 Å². The predicted octanol–water partition coefficient (Wildman–Crippen LogP) is 9.19. The molecule has 4 aromatic carbocycles. The van der Waals surface area contributed by atoms with E-state index < -0.39 is 0 Å². The summed E-state index contributed by atoms with van der Waals surface area (Å²) >= 11 is 0. The number of rotatable bonds is 2. The summed E-state index contributed by atoms with van der Waals surface area (Å²) in [6.07, 6.45) is 1.00. The van der Waals surface area contributed by atoms with Crippen LogP contribution in [0.1, 0.15) is 63.8 Å². The summed E-state index contributed by atoms with van der Waals surface area (Å²) in [6, 6.07) is 31.8. The van der Waals surface area contributed by atoms with Crippen LogP contribution in [-0.4, -0.2) is 0 Å². The van der Waals surface area contributed by atoms with Crippen LogP contribution in [0.15, 0.2) is 84.9 Å². The molecule has 4 aromatic rings. The highest BCUT2D eigenvalue weighted by Gasteiger charge is 2.23. The predicted molar refractivity (Wildman–Crippen MR) is 143 cm³/mol. The van der Waals surface area contributed by atoms with E-state index >= 15 is 0 Å². The SMILES string of the molecule is CC(C)(C)c1ccccc1-c1ccc2c(c1)Cc1cc(-c3ccccc3C(C)(C)C)ccc1-2. The number of hydrogen-bond acceptors (Lipinski definition) is 0. The van der Waals surface area contributed by atoms with Crippen LogP contribution in [0, 0.1) is 0 Å². The first-order valence-electron chi connectivity index (χ1n) is 12.1. The molecule has 0 aromatic heterocycles. The average molecular weight is 431 g/mol. The molecule has 1 aliphatic rings. The van der Waals surface area contributed by atoms with Crippen molar-refractivity contribution in [2.45, 2.75) is 58.8 Å². The largest absolute Gasteiger partial charge is 0.0619 e. The van der Waals surface area contributed by atoms with E-state index in [0.717, 1.165) is 6.42 Å². The van der Waals surface area contributed by atoms with Crippen molar-refractivity contribution in [1.29, 1.82) is 0 Å². The Morgan fingerprint density at radius 2 is 0.848 bits per heavy atom. The molecule has 0 unspecified atom stereocenters. The molecule has 0 fully saturated rings. The molecule has 0 amide bonds. The van der Waals surface area contributed by atoms with Crippen molar-refractivity contribution in [2.75, 3.05) is 0 Å². The Morgan fingerprint density at radius 3 is 1.24 bits per heavy atom. The lowest BCUT2D eigenvalue weighted by molar-refractivity contribution is 0.591. The third kappa shape index (κ3) is 3.93. The molecule has 0 spiro atoms. The highest BCUT2D eigenvalue weighted by Crippen LogP contribution is 2.42. The molecule has 0 nitrogen and oxygen atoms in total. The molecule has 0 heterocycles. The smallest absolute Gasteiger partial charge is 0.00130 e. The van der Waals surface area contributed by atoms with Crippen LogP contribution < -0.4 is 0 Å². The maximum atomic E-state index is 2.42. The van der Waals surface area contributed by atoms with Crippen molar-refractivity contribution in [1.82, 2.24) is 0 Å². The molecule has 0 radical (unpaired) electrons. The standard InChI is InChI=1S/C33H34/c1-32(2,3)30-13-9-7-11-28(30)22-15-17-26-24(19-22)21-25-20-23(16-18-27(25)26)29-12-8-10-14-31(29)33(4,5)6/h7-20H,21H2,1-6H3. The Kier molecular flexibility index (Phi) is 5.09. The number of benzene rings is 4. The van der Waals surface area contributed by atoms with Crippen molar-refractivity contribution >= 4 is 0 Å². The second kappa shape index (κ2) is 7.73. The average Bonchev–Trinajstić information content (AvgIpc) is 3.15. The monoisotopic (exact) mass is 430 g/mol. The lowest BCUT2D eigenvalue weighted by atomic mass is 9.81. The second-order valence-electron chi connectivity index (χ2n) is 11.5. The van der Waals surface area contributed by atoms with Crippen LogP contribution in [0.2, 0.25) is 0 Å². The summed E-state index contributed by atoms with van der Waals surface area (Å²) in [4.78, 5) is 0. The molecule has 166 valence electrons. The lowest BCUT2D eigenvalue weighted by Crippen LogP contribution is -2.12. The van der Waals surface area contributed by atoms with E-state index in [0.29, 0.717) is 0 Å². The maximum Gasteiger partial charge on any atom is -0.00130 e. The Balaban J connectivity index is 1.55. The molecule has 0 aliphatic heterocycles. The molecule has 5 rings (SSSR count). The second-order valence-corrected chi connectivity index (χ2v) is 11.5. The van der Waals surface area contributed by atoms with E-state index in [-0.39, 0.29) is 10.8 Å². The molecule has 0 heteroatoms. The first kappa shape index (κ1) is 21.7. The third-order valence-electron chi connectivity index (χ3n) is 6.97. The number of hydrogen-bond donors (Lipinski definition) is 0. The van der Waals surface area contributed by atoms with Gasteiger partial charge in [-0.1, -0.05) is 126 Å². The van der Waals surface area contributed by atoms with Crippen LogP contribution in [0.5, 0.6) is 0 Å². The van der Waals surface area contributed by atoms with Gasteiger partial charge < -0.3 is 0 Å². The summed E-state index contributed by atoms with van der Waals surface area (Å²) in [5.41, 5.74) is 14.0. The van der Waals surface area contributed by atoms with Crippen LogP contribution >= 0.6 is 0 Å². The van der Waals surface area contributed by atoms with Crippen molar-refractivity contribution in [2.24, 2.45) is 0 Å². The third-order valence-corrected chi connectivity index (χ3v) is 6.97. The van der Waals surface area contributed by atoms with Gasteiger partial charge in [0.25, 0.3) is 0 Å². The highest BCUT2D eigenvalue weighted by atomic mass is 14.3. The molecule has 0 saturated carbocycles. The van der Waals surface area contributed by atoms with Crippen LogP contribution in [-0.2, 0) is 17.3 Å². The zero-order valence-corrected chi connectivity index (χ0v) is 20.8. The van der Waals surface area contributed by atoms with E-state index in [2.05, 4.69) is 126 Å². The topological polar surface area (TPSA) is 0 Å². The maximum absolute atomic E-state index is 2.42. The first-order valence-corrected chi connectivity index (χ1v) is 12.1.